The van der Waals surface area contributed by atoms with Crippen molar-refractivity contribution in [2.24, 2.45) is 0 Å². The first-order chi connectivity index (χ1) is 15.0. The van der Waals surface area contributed by atoms with E-state index in [0.717, 1.165) is 11.1 Å². The zero-order chi connectivity index (χ0) is 22.1. The Kier molecular flexibility index (Phi) is 7.17. The molecule has 1 amide bonds. The summed E-state index contributed by atoms with van der Waals surface area (Å²) in [5.74, 6) is -0.839. The van der Waals surface area contributed by atoms with Crippen LogP contribution in [0.1, 0.15) is 27.0 Å². The van der Waals surface area contributed by atoms with Crippen LogP contribution >= 0.6 is 0 Å². The van der Waals surface area contributed by atoms with E-state index in [1.807, 2.05) is 36.4 Å². The summed E-state index contributed by atoms with van der Waals surface area (Å²) in [6.45, 7) is 0.566. The van der Waals surface area contributed by atoms with Crippen LogP contribution in [0.2, 0.25) is 0 Å². The zero-order valence-corrected chi connectivity index (χ0v) is 16.6. The van der Waals surface area contributed by atoms with Crippen LogP contribution in [0.15, 0.2) is 84.4 Å². The molecule has 31 heavy (non-hydrogen) atoms. The Morgan fingerprint density at radius 3 is 2.35 bits per heavy atom. The second-order valence-corrected chi connectivity index (χ2v) is 6.70. The smallest absolute Gasteiger partial charge is 0.335 e. The van der Waals surface area contributed by atoms with Gasteiger partial charge in [-0.05, 0) is 47.0 Å². The molecule has 0 atom stereocenters. The SMILES string of the molecule is N#CC(=Cc1ccc(OCc2cccc(C(=O)O)c2)cc1)C(=O)NCc1ccccc1. The number of nitriles is 1. The highest BCUT2D eigenvalue weighted by Gasteiger charge is 2.09. The summed E-state index contributed by atoms with van der Waals surface area (Å²) in [6, 6.07) is 24.9. The first-order valence-corrected chi connectivity index (χ1v) is 9.54. The lowest BCUT2D eigenvalue weighted by molar-refractivity contribution is -0.117. The summed E-state index contributed by atoms with van der Waals surface area (Å²) in [6.07, 6.45) is 1.51. The average molecular weight is 412 g/mol. The van der Waals surface area contributed by atoms with E-state index in [4.69, 9.17) is 9.84 Å². The molecule has 3 aromatic carbocycles. The largest absolute Gasteiger partial charge is 0.489 e. The fourth-order valence-corrected chi connectivity index (χ4v) is 2.81. The molecule has 0 aliphatic rings. The van der Waals surface area contributed by atoms with Crippen molar-refractivity contribution >= 4 is 18.0 Å². The fraction of sp³-hybridized carbons (Fsp3) is 0.0800. The number of amides is 1. The van der Waals surface area contributed by atoms with Gasteiger partial charge in [0, 0.05) is 6.54 Å². The Morgan fingerprint density at radius 1 is 0.968 bits per heavy atom. The molecule has 0 spiro atoms. The second-order valence-electron chi connectivity index (χ2n) is 6.70. The van der Waals surface area contributed by atoms with Gasteiger partial charge in [-0.2, -0.15) is 5.26 Å². The Hall–Kier alpha value is -4.37. The van der Waals surface area contributed by atoms with Gasteiger partial charge in [0.1, 0.15) is 24.0 Å². The maximum absolute atomic E-state index is 12.3. The molecule has 0 fully saturated rings. The van der Waals surface area contributed by atoms with Crippen molar-refractivity contribution in [3.05, 3.63) is 107 Å². The van der Waals surface area contributed by atoms with Gasteiger partial charge in [-0.3, -0.25) is 4.79 Å². The van der Waals surface area contributed by atoms with Crippen molar-refractivity contribution in [2.45, 2.75) is 13.2 Å². The molecule has 0 unspecified atom stereocenters. The number of carbonyl (C=O) groups is 2. The van der Waals surface area contributed by atoms with Crippen molar-refractivity contribution in [3.63, 3.8) is 0 Å². The molecule has 0 aliphatic carbocycles. The minimum absolute atomic E-state index is 0.00934. The Morgan fingerprint density at radius 2 is 1.68 bits per heavy atom. The van der Waals surface area contributed by atoms with Crippen molar-refractivity contribution in [1.82, 2.24) is 5.32 Å². The van der Waals surface area contributed by atoms with E-state index >= 15 is 0 Å². The van der Waals surface area contributed by atoms with E-state index in [1.54, 1.807) is 42.5 Å². The highest BCUT2D eigenvalue weighted by molar-refractivity contribution is 6.01. The third kappa shape index (κ3) is 6.31. The van der Waals surface area contributed by atoms with E-state index in [9.17, 15) is 14.9 Å². The molecule has 0 bridgehead atoms. The van der Waals surface area contributed by atoms with Crippen LogP contribution in [0.3, 0.4) is 0 Å². The lowest BCUT2D eigenvalue weighted by Crippen LogP contribution is -2.23. The molecular formula is C25H20N2O4. The molecule has 0 aromatic heterocycles. The lowest BCUT2D eigenvalue weighted by atomic mass is 10.1. The van der Waals surface area contributed by atoms with Gasteiger partial charge in [0.25, 0.3) is 5.91 Å². The van der Waals surface area contributed by atoms with E-state index in [2.05, 4.69) is 5.32 Å². The van der Waals surface area contributed by atoms with Gasteiger partial charge >= 0.3 is 5.97 Å². The van der Waals surface area contributed by atoms with Crippen LogP contribution < -0.4 is 10.1 Å². The normalized spacial score (nSPS) is 10.7. The number of benzene rings is 3. The average Bonchev–Trinajstić information content (AvgIpc) is 2.81. The summed E-state index contributed by atoms with van der Waals surface area (Å²) in [5.41, 5.74) is 2.59. The first kappa shape index (κ1) is 21.3. The summed E-state index contributed by atoms with van der Waals surface area (Å²) in [5, 5.41) is 21.1. The van der Waals surface area contributed by atoms with Crippen LogP contribution in [0.5, 0.6) is 5.75 Å². The van der Waals surface area contributed by atoms with Crippen LogP contribution in [-0.4, -0.2) is 17.0 Å². The van der Waals surface area contributed by atoms with E-state index in [1.165, 1.54) is 12.1 Å². The number of rotatable bonds is 8. The van der Waals surface area contributed by atoms with Crippen molar-refractivity contribution < 1.29 is 19.4 Å². The van der Waals surface area contributed by atoms with Crippen LogP contribution in [0, 0.1) is 11.3 Å². The molecule has 2 N–H and O–H groups in total. The molecule has 0 radical (unpaired) electrons. The Bertz CT molecular complexity index is 1130. The minimum atomic E-state index is -0.987. The monoisotopic (exact) mass is 412 g/mol. The summed E-state index contributed by atoms with van der Waals surface area (Å²) in [4.78, 5) is 23.3. The number of carboxylic acids is 1. The van der Waals surface area contributed by atoms with E-state index in [-0.39, 0.29) is 17.7 Å². The molecule has 6 heteroatoms. The third-order valence-electron chi connectivity index (χ3n) is 4.43. The number of ether oxygens (including phenoxy) is 1. The number of aromatic carboxylic acids is 1. The first-order valence-electron chi connectivity index (χ1n) is 9.54. The molecule has 0 aliphatic heterocycles. The lowest BCUT2D eigenvalue weighted by Gasteiger charge is -2.08. The molecule has 3 aromatic rings. The number of hydrogen-bond acceptors (Lipinski definition) is 4. The maximum Gasteiger partial charge on any atom is 0.335 e. The second kappa shape index (κ2) is 10.4. The van der Waals surface area contributed by atoms with Crippen molar-refractivity contribution in [3.8, 4) is 11.8 Å². The highest BCUT2D eigenvalue weighted by atomic mass is 16.5. The standard InChI is InChI=1S/C25H20N2O4/c26-15-22(24(28)27-16-19-5-2-1-3-6-19)13-18-9-11-23(12-10-18)31-17-20-7-4-8-21(14-20)25(29)30/h1-14H,16-17H2,(H,27,28)(H,29,30). The van der Waals surface area contributed by atoms with Gasteiger partial charge < -0.3 is 15.2 Å². The molecule has 3 rings (SSSR count). The summed E-state index contributed by atoms with van der Waals surface area (Å²) in [7, 11) is 0. The third-order valence-corrected chi connectivity index (χ3v) is 4.43. The molecule has 0 heterocycles. The fourth-order valence-electron chi connectivity index (χ4n) is 2.81. The van der Waals surface area contributed by atoms with Crippen LogP contribution in [-0.2, 0) is 17.9 Å². The van der Waals surface area contributed by atoms with Gasteiger partial charge in [-0.15, -0.1) is 0 Å². The summed E-state index contributed by atoms with van der Waals surface area (Å²) >= 11 is 0. The number of nitrogens with zero attached hydrogens (tertiary/aromatic N) is 1. The molecule has 0 saturated carbocycles. The van der Waals surface area contributed by atoms with Gasteiger partial charge in [0.2, 0.25) is 0 Å². The van der Waals surface area contributed by atoms with Gasteiger partial charge in [-0.25, -0.2) is 4.79 Å². The molecule has 6 nitrogen and oxygen atoms in total. The maximum atomic E-state index is 12.3. The predicted molar refractivity (Wildman–Crippen MR) is 116 cm³/mol. The van der Waals surface area contributed by atoms with Crippen molar-refractivity contribution in [1.29, 1.82) is 5.26 Å². The van der Waals surface area contributed by atoms with E-state index in [0.29, 0.717) is 17.9 Å². The Labute approximate surface area is 180 Å². The predicted octanol–water partition coefficient (Wildman–Crippen LogP) is 4.19. The van der Waals surface area contributed by atoms with Gasteiger partial charge in [0.15, 0.2) is 0 Å². The van der Waals surface area contributed by atoms with Crippen LogP contribution in [0.4, 0.5) is 0 Å². The quantitative estimate of drug-likeness (QED) is 0.427. The number of hydrogen-bond donors (Lipinski definition) is 2. The van der Waals surface area contributed by atoms with Crippen LogP contribution in [0.25, 0.3) is 6.08 Å². The summed E-state index contributed by atoms with van der Waals surface area (Å²) < 4.78 is 5.69. The Balaban J connectivity index is 1.59. The van der Waals surface area contributed by atoms with Crippen molar-refractivity contribution in [2.75, 3.05) is 0 Å². The van der Waals surface area contributed by atoms with Gasteiger partial charge in [0.05, 0.1) is 5.56 Å². The zero-order valence-electron chi connectivity index (χ0n) is 16.6. The molecule has 154 valence electrons. The number of carbonyl (C=O) groups excluding carboxylic acids is 1. The highest BCUT2D eigenvalue weighted by Crippen LogP contribution is 2.17. The topological polar surface area (TPSA) is 99.4 Å². The minimum Gasteiger partial charge on any atom is -0.489 e. The van der Waals surface area contributed by atoms with E-state index < -0.39 is 11.9 Å². The number of nitrogens with one attached hydrogen (secondary N) is 1. The van der Waals surface area contributed by atoms with Gasteiger partial charge in [-0.1, -0.05) is 54.6 Å². The molecular weight excluding hydrogens is 392 g/mol. The number of carboxylic acid groups (broad SMARTS) is 1. The molecule has 0 saturated heterocycles.